The third-order valence-corrected chi connectivity index (χ3v) is 5.29. The molecule has 9 heteroatoms. The SMILES string of the molecule is CS(=O)(=O)Nc1ccccc1C(=O)OCc1csc(-c2ccccc2Cl)n1. The fraction of sp³-hybridized carbons (Fsp3) is 0.111. The smallest absolute Gasteiger partial charge is 0.340 e. The number of halogens is 1. The van der Waals surface area contributed by atoms with Gasteiger partial charge in [-0.2, -0.15) is 0 Å². The minimum absolute atomic E-state index is 0.0347. The third kappa shape index (κ3) is 5.06. The number of rotatable bonds is 6. The Balaban J connectivity index is 1.71. The highest BCUT2D eigenvalue weighted by atomic mass is 35.5. The fourth-order valence-corrected chi connectivity index (χ4v) is 4.00. The van der Waals surface area contributed by atoms with Gasteiger partial charge < -0.3 is 4.74 Å². The van der Waals surface area contributed by atoms with Gasteiger partial charge in [-0.25, -0.2) is 18.2 Å². The van der Waals surface area contributed by atoms with Gasteiger partial charge >= 0.3 is 5.97 Å². The van der Waals surface area contributed by atoms with Gasteiger partial charge in [-0.3, -0.25) is 4.72 Å². The Morgan fingerprint density at radius 2 is 1.89 bits per heavy atom. The molecule has 0 bridgehead atoms. The summed E-state index contributed by atoms with van der Waals surface area (Å²) in [6.45, 7) is -0.0347. The molecule has 1 aromatic heterocycles. The van der Waals surface area contributed by atoms with Crippen molar-refractivity contribution in [3.8, 4) is 10.6 Å². The number of esters is 1. The predicted octanol–water partition coefficient (Wildman–Crippen LogP) is 4.19. The zero-order chi connectivity index (χ0) is 19.4. The van der Waals surface area contributed by atoms with Gasteiger partial charge in [0.1, 0.15) is 11.6 Å². The number of nitrogens with one attached hydrogen (secondary N) is 1. The summed E-state index contributed by atoms with van der Waals surface area (Å²) in [5.74, 6) is -0.644. The molecule has 0 unspecified atom stereocenters. The molecule has 0 amide bonds. The van der Waals surface area contributed by atoms with Crippen molar-refractivity contribution in [1.29, 1.82) is 0 Å². The van der Waals surface area contributed by atoms with Crippen LogP contribution >= 0.6 is 22.9 Å². The van der Waals surface area contributed by atoms with Crippen LogP contribution in [0.5, 0.6) is 0 Å². The molecule has 2 aromatic carbocycles. The Bertz CT molecular complexity index is 1080. The first-order valence-electron chi connectivity index (χ1n) is 7.77. The molecule has 0 saturated heterocycles. The van der Waals surface area contributed by atoms with Gasteiger partial charge in [0.2, 0.25) is 10.0 Å². The Kier molecular flexibility index (Phi) is 5.79. The Morgan fingerprint density at radius 3 is 2.63 bits per heavy atom. The average molecular weight is 423 g/mol. The maximum atomic E-state index is 12.4. The van der Waals surface area contributed by atoms with Gasteiger partial charge in [-0.15, -0.1) is 11.3 Å². The van der Waals surface area contributed by atoms with Crippen molar-refractivity contribution >= 4 is 44.6 Å². The van der Waals surface area contributed by atoms with E-state index in [2.05, 4.69) is 9.71 Å². The molecule has 3 rings (SSSR count). The topological polar surface area (TPSA) is 85.4 Å². The minimum atomic E-state index is -3.51. The van der Waals surface area contributed by atoms with Crippen molar-refractivity contribution in [1.82, 2.24) is 4.98 Å². The largest absolute Gasteiger partial charge is 0.455 e. The van der Waals surface area contributed by atoms with Crippen LogP contribution < -0.4 is 4.72 Å². The first-order valence-corrected chi connectivity index (χ1v) is 10.9. The fourth-order valence-electron chi connectivity index (χ4n) is 2.30. The van der Waals surface area contributed by atoms with Crippen LogP contribution in [0.2, 0.25) is 5.02 Å². The highest BCUT2D eigenvalue weighted by Gasteiger charge is 2.16. The molecule has 0 fully saturated rings. The number of sulfonamides is 1. The van der Waals surface area contributed by atoms with E-state index in [4.69, 9.17) is 16.3 Å². The zero-order valence-electron chi connectivity index (χ0n) is 14.2. The Morgan fingerprint density at radius 1 is 1.19 bits per heavy atom. The summed E-state index contributed by atoms with van der Waals surface area (Å²) in [6, 6.07) is 13.6. The van der Waals surface area contributed by atoms with Gasteiger partial charge in [0.25, 0.3) is 0 Å². The normalized spacial score (nSPS) is 11.2. The summed E-state index contributed by atoms with van der Waals surface area (Å²) in [4.78, 5) is 16.8. The van der Waals surface area contributed by atoms with Crippen molar-refractivity contribution < 1.29 is 17.9 Å². The van der Waals surface area contributed by atoms with E-state index >= 15 is 0 Å². The molecule has 0 aliphatic carbocycles. The van der Waals surface area contributed by atoms with Crippen molar-refractivity contribution in [2.75, 3.05) is 11.0 Å². The van der Waals surface area contributed by atoms with E-state index in [0.717, 1.165) is 16.8 Å². The first-order chi connectivity index (χ1) is 12.8. The number of hydrogen-bond acceptors (Lipinski definition) is 6. The molecular formula is C18H15ClN2O4S2. The summed E-state index contributed by atoms with van der Waals surface area (Å²) in [7, 11) is -3.51. The standard InChI is InChI=1S/C18H15ClN2O4S2/c1-27(23,24)21-16-9-5-3-7-14(16)18(22)25-10-12-11-26-17(20-12)13-6-2-4-8-15(13)19/h2-9,11,21H,10H2,1H3. The number of benzene rings is 2. The molecule has 0 spiro atoms. The van der Waals surface area contributed by atoms with E-state index in [1.165, 1.54) is 23.5 Å². The molecule has 1 N–H and O–H groups in total. The molecule has 3 aromatic rings. The number of ether oxygens (including phenoxy) is 1. The molecule has 0 aliphatic rings. The van der Waals surface area contributed by atoms with E-state index in [-0.39, 0.29) is 17.9 Å². The van der Waals surface area contributed by atoms with Gasteiger partial charge in [-0.1, -0.05) is 41.9 Å². The average Bonchev–Trinajstić information content (AvgIpc) is 3.08. The maximum Gasteiger partial charge on any atom is 0.340 e. The zero-order valence-corrected chi connectivity index (χ0v) is 16.6. The monoisotopic (exact) mass is 422 g/mol. The Labute approximate surface area is 165 Å². The van der Waals surface area contributed by atoms with E-state index in [9.17, 15) is 13.2 Å². The second-order valence-corrected chi connectivity index (χ2v) is 8.63. The highest BCUT2D eigenvalue weighted by molar-refractivity contribution is 7.92. The Hall–Kier alpha value is -2.42. The van der Waals surface area contributed by atoms with Gasteiger partial charge in [0.05, 0.1) is 28.2 Å². The number of aromatic nitrogens is 1. The molecular weight excluding hydrogens is 408 g/mol. The van der Waals surface area contributed by atoms with Gasteiger partial charge in [0.15, 0.2) is 0 Å². The van der Waals surface area contributed by atoms with E-state index in [1.54, 1.807) is 23.6 Å². The van der Waals surface area contributed by atoms with Crippen LogP contribution in [0.1, 0.15) is 16.1 Å². The second kappa shape index (κ2) is 8.08. The van der Waals surface area contributed by atoms with Crippen LogP contribution in [0, 0.1) is 0 Å². The summed E-state index contributed by atoms with van der Waals surface area (Å²) < 4.78 is 30.5. The van der Waals surface area contributed by atoms with E-state index in [0.29, 0.717) is 10.7 Å². The second-order valence-electron chi connectivity index (χ2n) is 5.62. The summed E-state index contributed by atoms with van der Waals surface area (Å²) >= 11 is 7.57. The lowest BCUT2D eigenvalue weighted by atomic mass is 10.2. The van der Waals surface area contributed by atoms with Crippen LogP contribution in [0.4, 0.5) is 5.69 Å². The lowest BCUT2D eigenvalue weighted by molar-refractivity contribution is 0.0470. The van der Waals surface area contributed by atoms with Crippen LogP contribution in [0.25, 0.3) is 10.6 Å². The van der Waals surface area contributed by atoms with Crippen LogP contribution in [-0.4, -0.2) is 25.6 Å². The quantitative estimate of drug-likeness (QED) is 0.602. The number of thiazole rings is 1. The van der Waals surface area contributed by atoms with Crippen molar-refractivity contribution in [2.24, 2.45) is 0 Å². The third-order valence-electron chi connectivity index (χ3n) is 3.45. The number of hydrogen-bond donors (Lipinski definition) is 1. The van der Waals surface area contributed by atoms with Crippen molar-refractivity contribution in [3.63, 3.8) is 0 Å². The van der Waals surface area contributed by atoms with E-state index < -0.39 is 16.0 Å². The molecule has 1 heterocycles. The van der Waals surface area contributed by atoms with Crippen molar-refractivity contribution in [3.05, 3.63) is 70.2 Å². The van der Waals surface area contributed by atoms with Crippen LogP contribution in [-0.2, 0) is 21.4 Å². The number of carbonyl (C=O) groups excluding carboxylic acids is 1. The summed E-state index contributed by atoms with van der Waals surface area (Å²) in [5, 5.41) is 3.11. The number of anilines is 1. The molecule has 27 heavy (non-hydrogen) atoms. The lowest BCUT2D eigenvalue weighted by Crippen LogP contribution is -2.14. The van der Waals surface area contributed by atoms with Crippen LogP contribution in [0.3, 0.4) is 0 Å². The predicted molar refractivity (Wildman–Crippen MR) is 107 cm³/mol. The highest BCUT2D eigenvalue weighted by Crippen LogP contribution is 2.30. The van der Waals surface area contributed by atoms with Crippen LogP contribution in [0.15, 0.2) is 53.9 Å². The first kappa shape index (κ1) is 19.3. The number of nitrogens with zero attached hydrogens (tertiary/aromatic N) is 1. The van der Waals surface area contributed by atoms with Gasteiger partial charge in [-0.05, 0) is 18.2 Å². The lowest BCUT2D eigenvalue weighted by Gasteiger charge is -2.09. The molecule has 6 nitrogen and oxygen atoms in total. The summed E-state index contributed by atoms with van der Waals surface area (Å²) in [6.07, 6.45) is 1.01. The molecule has 0 radical (unpaired) electrons. The number of carbonyl (C=O) groups is 1. The molecule has 140 valence electrons. The maximum absolute atomic E-state index is 12.4. The van der Waals surface area contributed by atoms with Gasteiger partial charge in [0, 0.05) is 10.9 Å². The minimum Gasteiger partial charge on any atom is -0.455 e. The van der Waals surface area contributed by atoms with E-state index in [1.807, 2.05) is 18.2 Å². The number of para-hydroxylation sites is 1. The van der Waals surface area contributed by atoms with Crippen molar-refractivity contribution in [2.45, 2.75) is 6.61 Å². The summed E-state index contributed by atoms with van der Waals surface area (Å²) in [5.41, 5.74) is 1.69. The molecule has 0 saturated carbocycles. The molecule has 0 aliphatic heterocycles. The molecule has 0 atom stereocenters.